The SMILES string of the molecule is CC(C)(C)OC(=O)CCCCCCN=C(N)NCCc1ccccc1. The molecule has 1 aromatic carbocycles. The summed E-state index contributed by atoms with van der Waals surface area (Å²) in [6.07, 6.45) is 5.32. The molecule has 0 unspecified atom stereocenters. The number of unbranched alkanes of at least 4 members (excludes halogenated alkanes) is 3. The maximum Gasteiger partial charge on any atom is 0.306 e. The highest BCUT2D eigenvalue weighted by atomic mass is 16.6. The number of benzene rings is 1. The molecule has 0 aromatic heterocycles. The van der Waals surface area contributed by atoms with Gasteiger partial charge in [-0.2, -0.15) is 0 Å². The Morgan fingerprint density at radius 1 is 1.12 bits per heavy atom. The van der Waals surface area contributed by atoms with Gasteiger partial charge in [0.25, 0.3) is 0 Å². The number of carbonyl (C=O) groups is 1. The highest BCUT2D eigenvalue weighted by molar-refractivity contribution is 5.77. The van der Waals surface area contributed by atoms with Crippen LogP contribution in [-0.2, 0) is 16.0 Å². The number of rotatable bonds is 10. The minimum absolute atomic E-state index is 0.114. The van der Waals surface area contributed by atoms with Crippen LogP contribution in [0.5, 0.6) is 0 Å². The van der Waals surface area contributed by atoms with E-state index in [2.05, 4.69) is 22.4 Å². The zero-order chi connectivity index (χ0) is 18.5. The average Bonchev–Trinajstić information content (AvgIpc) is 2.53. The summed E-state index contributed by atoms with van der Waals surface area (Å²) in [5.41, 5.74) is 6.75. The molecule has 5 nitrogen and oxygen atoms in total. The van der Waals surface area contributed by atoms with E-state index >= 15 is 0 Å². The van der Waals surface area contributed by atoms with E-state index in [4.69, 9.17) is 10.5 Å². The summed E-state index contributed by atoms with van der Waals surface area (Å²) in [6.45, 7) is 7.18. The van der Waals surface area contributed by atoms with Crippen LogP contribution >= 0.6 is 0 Å². The number of esters is 1. The van der Waals surface area contributed by atoms with Gasteiger partial charge in [0.2, 0.25) is 0 Å². The van der Waals surface area contributed by atoms with Gasteiger partial charge in [0.15, 0.2) is 5.96 Å². The first-order valence-electron chi connectivity index (χ1n) is 9.16. The summed E-state index contributed by atoms with van der Waals surface area (Å²) in [5.74, 6) is 0.391. The fourth-order valence-corrected chi connectivity index (χ4v) is 2.36. The summed E-state index contributed by atoms with van der Waals surface area (Å²) in [4.78, 5) is 15.9. The summed E-state index contributed by atoms with van der Waals surface area (Å²) < 4.78 is 5.28. The van der Waals surface area contributed by atoms with E-state index in [-0.39, 0.29) is 5.97 Å². The van der Waals surface area contributed by atoms with E-state index < -0.39 is 5.60 Å². The van der Waals surface area contributed by atoms with Gasteiger partial charge in [-0.15, -0.1) is 0 Å². The van der Waals surface area contributed by atoms with Gasteiger partial charge in [-0.25, -0.2) is 0 Å². The predicted octanol–water partition coefficient (Wildman–Crippen LogP) is 3.43. The minimum atomic E-state index is -0.392. The van der Waals surface area contributed by atoms with Gasteiger partial charge in [-0.3, -0.25) is 9.79 Å². The van der Waals surface area contributed by atoms with Crippen molar-refractivity contribution in [3.63, 3.8) is 0 Å². The molecule has 0 atom stereocenters. The van der Waals surface area contributed by atoms with Crippen molar-refractivity contribution in [3.8, 4) is 0 Å². The Hall–Kier alpha value is -2.04. The molecule has 0 heterocycles. The van der Waals surface area contributed by atoms with Crippen molar-refractivity contribution in [2.75, 3.05) is 13.1 Å². The van der Waals surface area contributed by atoms with E-state index in [0.29, 0.717) is 12.4 Å². The molecule has 5 heteroatoms. The third-order valence-electron chi connectivity index (χ3n) is 3.55. The second kappa shape index (κ2) is 11.5. The minimum Gasteiger partial charge on any atom is -0.460 e. The molecule has 140 valence electrons. The van der Waals surface area contributed by atoms with E-state index in [0.717, 1.165) is 45.2 Å². The van der Waals surface area contributed by atoms with Crippen LogP contribution in [0.4, 0.5) is 0 Å². The Kier molecular flexibility index (Phi) is 9.66. The topological polar surface area (TPSA) is 76.7 Å². The molecule has 0 radical (unpaired) electrons. The van der Waals surface area contributed by atoms with Gasteiger partial charge in [0, 0.05) is 19.5 Å². The molecular weight excluding hydrogens is 314 g/mol. The quantitative estimate of drug-likeness (QED) is 0.294. The number of carbonyl (C=O) groups excluding carboxylic acids is 1. The lowest BCUT2D eigenvalue weighted by atomic mass is 10.1. The first-order valence-corrected chi connectivity index (χ1v) is 9.16. The zero-order valence-corrected chi connectivity index (χ0v) is 15.9. The first-order chi connectivity index (χ1) is 11.9. The van der Waals surface area contributed by atoms with E-state index in [9.17, 15) is 4.79 Å². The predicted molar refractivity (Wildman–Crippen MR) is 104 cm³/mol. The highest BCUT2D eigenvalue weighted by Gasteiger charge is 2.15. The lowest BCUT2D eigenvalue weighted by Crippen LogP contribution is -2.33. The smallest absolute Gasteiger partial charge is 0.306 e. The molecule has 0 saturated heterocycles. The molecule has 0 spiro atoms. The number of nitrogens with one attached hydrogen (secondary N) is 1. The van der Waals surface area contributed by atoms with E-state index in [1.54, 1.807) is 0 Å². The Bertz CT molecular complexity index is 521. The van der Waals surface area contributed by atoms with Crippen molar-refractivity contribution in [2.45, 2.75) is 64.9 Å². The van der Waals surface area contributed by atoms with Crippen LogP contribution in [0.15, 0.2) is 35.3 Å². The van der Waals surface area contributed by atoms with Gasteiger partial charge in [-0.05, 0) is 45.6 Å². The largest absolute Gasteiger partial charge is 0.460 e. The molecule has 0 fully saturated rings. The molecule has 0 saturated carbocycles. The summed E-state index contributed by atoms with van der Waals surface area (Å²) in [7, 11) is 0. The Balaban J connectivity index is 2.00. The number of ether oxygens (including phenoxy) is 1. The third kappa shape index (κ3) is 12.0. The molecule has 0 aliphatic heterocycles. The van der Waals surface area contributed by atoms with Crippen LogP contribution in [0.2, 0.25) is 0 Å². The number of hydrogen-bond acceptors (Lipinski definition) is 3. The Morgan fingerprint density at radius 3 is 2.48 bits per heavy atom. The summed E-state index contributed by atoms with van der Waals surface area (Å²) in [6, 6.07) is 10.3. The van der Waals surface area contributed by atoms with Crippen molar-refractivity contribution in [1.82, 2.24) is 5.32 Å². The second-order valence-corrected chi connectivity index (χ2v) is 7.18. The fourth-order valence-electron chi connectivity index (χ4n) is 2.36. The van der Waals surface area contributed by atoms with E-state index in [1.807, 2.05) is 39.0 Å². The van der Waals surface area contributed by atoms with Crippen LogP contribution in [0.25, 0.3) is 0 Å². The molecule has 0 aliphatic rings. The third-order valence-corrected chi connectivity index (χ3v) is 3.55. The Morgan fingerprint density at radius 2 is 1.80 bits per heavy atom. The molecule has 1 rings (SSSR count). The van der Waals surface area contributed by atoms with Gasteiger partial charge >= 0.3 is 5.97 Å². The molecule has 0 amide bonds. The standard InChI is InChI=1S/C20H33N3O2/c1-20(2,3)25-18(24)13-9-4-5-10-15-22-19(21)23-16-14-17-11-7-6-8-12-17/h6-8,11-12H,4-5,9-10,13-16H2,1-3H3,(H3,21,22,23). The summed E-state index contributed by atoms with van der Waals surface area (Å²) in [5, 5.41) is 3.14. The van der Waals surface area contributed by atoms with Crippen molar-refractivity contribution < 1.29 is 9.53 Å². The van der Waals surface area contributed by atoms with Gasteiger partial charge < -0.3 is 15.8 Å². The monoisotopic (exact) mass is 347 g/mol. The van der Waals surface area contributed by atoms with Gasteiger partial charge in [-0.1, -0.05) is 43.2 Å². The zero-order valence-electron chi connectivity index (χ0n) is 15.9. The van der Waals surface area contributed by atoms with Crippen molar-refractivity contribution in [2.24, 2.45) is 10.7 Å². The lowest BCUT2D eigenvalue weighted by Gasteiger charge is -2.19. The maximum atomic E-state index is 11.6. The highest BCUT2D eigenvalue weighted by Crippen LogP contribution is 2.11. The molecular formula is C20H33N3O2. The lowest BCUT2D eigenvalue weighted by molar-refractivity contribution is -0.154. The number of aliphatic imine (C=N–C) groups is 1. The number of nitrogens with two attached hydrogens (primary N) is 1. The molecule has 25 heavy (non-hydrogen) atoms. The van der Waals surface area contributed by atoms with Crippen LogP contribution in [0, 0.1) is 0 Å². The van der Waals surface area contributed by atoms with Crippen LogP contribution in [-0.4, -0.2) is 30.6 Å². The van der Waals surface area contributed by atoms with Gasteiger partial charge in [0.05, 0.1) is 0 Å². The van der Waals surface area contributed by atoms with Crippen LogP contribution in [0.3, 0.4) is 0 Å². The van der Waals surface area contributed by atoms with Crippen molar-refractivity contribution in [1.29, 1.82) is 0 Å². The fraction of sp³-hybridized carbons (Fsp3) is 0.600. The Labute approximate surface area is 152 Å². The molecule has 0 aliphatic carbocycles. The van der Waals surface area contributed by atoms with Crippen LogP contribution < -0.4 is 11.1 Å². The van der Waals surface area contributed by atoms with Crippen molar-refractivity contribution >= 4 is 11.9 Å². The first kappa shape index (κ1) is 21.0. The maximum absolute atomic E-state index is 11.6. The average molecular weight is 348 g/mol. The summed E-state index contributed by atoms with van der Waals surface area (Å²) >= 11 is 0. The number of nitrogens with zero attached hydrogens (tertiary/aromatic N) is 1. The molecule has 0 bridgehead atoms. The number of hydrogen-bond donors (Lipinski definition) is 2. The molecule has 3 N–H and O–H groups in total. The normalized spacial score (nSPS) is 12.0. The van der Waals surface area contributed by atoms with Crippen LogP contribution in [0.1, 0.15) is 58.4 Å². The number of guanidine groups is 1. The molecule has 1 aromatic rings. The second-order valence-electron chi connectivity index (χ2n) is 7.18. The van der Waals surface area contributed by atoms with E-state index in [1.165, 1.54) is 5.56 Å². The van der Waals surface area contributed by atoms with Crippen molar-refractivity contribution in [3.05, 3.63) is 35.9 Å². The van der Waals surface area contributed by atoms with Gasteiger partial charge in [0.1, 0.15) is 5.60 Å².